The fourth-order valence-electron chi connectivity index (χ4n) is 4.71. The fourth-order valence-corrected chi connectivity index (χ4v) is 4.90. The Morgan fingerprint density at radius 2 is 1.77 bits per heavy atom. The molecular formula is C35H29ClN2O6. The van der Waals surface area contributed by atoms with Gasteiger partial charge in [0.15, 0.2) is 11.5 Å². The molecule has 0 amide bonds. The molecule has 1 atom stereocenters. The van der Waals surface area contributed by atoms with Gasteiger partial charge in [-0.15, -0.1) is 0 Å². The third kappa shape index (κ3) is 6.64. The second kappa shape index (κ2) is 13.7. The second-order valence-corrected chi connectivity index (χ2v) is 10.1. The number of carbonyl (C=O) groups excluding carboxylic acids is 1. The molecule has 4 aromatic rings. The number of halogens is 1. The lowest BCUT2D eigenvalue weighted by molar-refractivity contribution is 0.0734. The van der Waals surface area contributed by atoms with E-state index in [1.54, 1.807) is 60.7 Å². The third-order valence-electron chi connectivity index (χ3n) is 6.80. The maximum absolute atomic E-state index is 12.8. The number of nitriles is 1. The van der Waals surface area contributed by atoms with E-state index in [0.29, 0.717) is 52.4 Å². The molecule has 5 rings (SSSR count). The summed E-state index contributed by atoms with van der Waals surface area (Å²) in [6.45, 7) is 6.51. The van der Waals surface area contributed by atoms with Crippen LogP contribution in [0.4, 0.5) is 0 Å². The highest BCUT2D eigenvalue weighted by molar-refractivity contribution is 6.31. The van der Waals surface area contributed by atoms with Gasteiger partial charge in [0.25, 0.3) is 0 Å². The highest BCUT2D eigenvalue weighted by atomic mass is 35.5. The molecule has 0 spiro atoms. The van der Waals surface area contributed by atoms with Crippen LogP contribution < -0.4 is 29.4 Å². The van der Waals surface area contributed by atoms with Crippen LogP contribution in [0.25, 0.3) is 0 Å². The molecule has 44 heavy (non-hydrogen) atoms. The van der Waals surface area contributed by atoms with Crippen LogP contribution in [0.15, 0.2) is 109 Å². The average Bonchev–Trinajstić information content (AvgIpc) is 3.03. The van der Waals surface area contributed by atoms with Gasteiger partial charge in [-0.25, -0.2) is 4.79 Å². The molecule has 222 valence electrons. The van der Waals surface area contributed by atoms with Gasteiger partial charge in [-0.3, -0.25) is 0 Å². The molecule has 1 unspecified atom stereocenters. The second-order valence-electron chi connectivity index (χ2n) is 9.66. The highest BCUT2D eigenvalue weighted by Crippen LogP contribution is 2.45. The number of carbonyl (C=O) groups is 1. The Morgan fingerprint density at radius 3 is 2.50 bits per heavy atom. The SMILES string of the molecule is C=CCOc1ccc(C(=O)Oc2ccc3c(c2)OC(N)=C(C#N)C3c2ccc(OCc3ccccc3Cl)c(OCC)c2)cc1. The standard InChI is InChI=1S/C35H29ClN2O6/c1-3-17-41-25-12-9-22(10-13-25)35(39)43-26-14-15-27-31(19-26)44-34(38)28(20-37)33(27)23-11-16-30(32(18-23)40-4-2)42-21-24-7-5-6-8-29(24)36/h3,5-16,18-19,33H,1,4,17,21,38H2,2H3. The van der Waals surface area contributed by atoms with Gasteiger partial charge in [-0.1, -0.05) is 54.6 Å². The number of hydrogen-bond donors (Lipinski definition) is 1. The van der Waals surface area contributed by atoms with Gasteiger partial charge >= 0.3 is 5.97 Å². The first-order valence-electron chi connectivity index (χ1n) is 13.8. The summed E-state index contributed by atoms with van der Waals surface area (Å²) in [5.74, 6) is 1.11. The fraction of sp³-hybridized carbons (Fsp3) is 0.143. The van der Waals surface area contributed by atoms with Crippen molar-refractivity contribution in [2.45, 2.75) is 19.4 Å². The molecule has 0 radical (unpaired) electrons. The summed E-state index contributed by atoms with van der Waals surface area (Å²) in [7, 11) is 0. The molecule has 8 nitrogen and oxygen atoms in total. The van der Waals surface area contributed by atoms with Crippen LogP contribution in [0.1, 0.15) is 39.9 Å². The van der Waals surface area contributed by atoms with Crippen molar-refractivity contribution >= 4 is 17.6 Å². The Balaban J connectivity index is 1.40. The van der Waals surface area contributed by atoms with Crippen LogP contribution in [-0.2, 0) is 6.61 Å². The number of allylic oxidation sites excluding steroid dienone is 1. The molecule has 0 saturated carbocycles. The average molecular weight is 609 g/mol. The number of ether oxygens (including phenoxy) is 5. The number of fused-ring (bicyclic) bond motifs is 1. The largest absolute Gasteiger partial charge is 0.490 e. The van der Waals surface area contributed by atoms with E-state index in [-0.39, 0.29) is 23.8 Å². The van der Waals surface area contributed by atoms with Crippen molar-refractivity contribution in [3.8, 4) is 34.8 Å². The lowest BCUT2D eigenvalue weighted by Gasteiger charge is -2.27. The van der Waals surface area contributed by atoms with Gasteiger partial charge in [0.2, 0.25) is 5.88 Å². The van der Waals surface area contributed by atoms with Crippen molar-refractivity contribution in [1.29, 1.82) is 5.26 Å². The minimum absolute atomic E-state index is 0.0411. The van der Waals surface area contributed by atoms with E-state index in [1.165, 1.54) is 0 Å². The molecule has 0 aliphatic carbocycles. The summed E-state index contributed by atoms with van der Waals surface area (Å²) in [5, 5.41) is 10.6. The van der Waals surface area contributed by atoms with Gasteiger partial charge in [-0.05, 0) is 61.0 Å². The number of rotatable bonds is 11. The predicted molar refractivity (Wildman–Crippen MR) is 166 cm³/mol. The van der Waals surface area contributed by atoms with E-state index in [9.17, 15) is 10.1 Å². The van der Waals surface area contributed by atoms with Crippen LogP contribution in [0.5, 0.6) is 28.7 Å². The van der Waals surface area contributed by atoms with Gasteiger partial charge in [0.05, 0.1) is 18.1 Å². The molecule has 1 aliphatic rings. The van der Waals surface area contributed by atoms with E-state index in [4.69, 9.17) is 41.0 Å². The highest BCUT2D eigenvalue weighted by Gasteiger charge is 2.32. The zero-order valence-corrected chi connectivity index (χ0v) is 24.7. The molecule has 0 saturated heterocycles. The minimum atomic E-state index is -0.562. The van der Waals surface area contributed by atoms with Crippen LogP contribution >= 0.6 is 11.6 Å². The molecule has 0 fully saturated rings. The summed E-state index contributed by atoms with van der Waals surface area (Å²) in [6, 6.07) is 26.7. The van der Waals surface area contributed by atoms with E-state index >= 15 is 0 Å². The maximum Gasteiger partial charge on any atom is 0.343 e. The monoisotopic (exact) mass is 608 g/mol. The van der Waals surface area contributed by atoms with Crippen LogP contribution in [-0.4, -0.2) is 19.2 Å². The van der Waals surface area contributed by atoms with Crippen molar-refractivity contribution in [1.82, 2.24) is 0 Å². The Labute approximate surface area is 260 Å². The lowest BCUT2D eigenvalue weighted by atomic mass is 9.83. The Morgan fingerprint density at radius 1 is 1.00 bits per heavy atom. The molecule has 1 heterocycles. The van der Waals surface area contributed by atoms with Crippen molar-refractivity contribution in [2.24, 2.45) is 5.73 Å². The third-order valence-corrected chi connectivity index (χ3v) is 7.17. The zero-order valence-electron chi connectivity index (χ0n) is 23.9. The van der Waals surface area contributed by atoms with E-state index in [1.807, 2.05) is 37.3 Å². The van der Waals surface area contributed by atoms with Crippen LogP contribution in [0, 0.1) is 11.3 Å². The number of hydrogen-bond acceptors (Lipinski definition) is 8. The summed E-state index contributed by atoms with van der Waals surface area (Å²) < 4.78 is 28.9. The molecule has 1 aliphatic heterocycles. The van der Waals surface area contributed by atoms with Crippen molar-refractivity contribution in [2.75, 3.05) is 13.2 Å². The quantitative estimate of drug-likeness (QED) is 0.107. The number of nitrogens with two attached hydrogens (primary N) is 1. The van der Waals surface area contributed by atoms with E-state index in [2.05, 4.69) is 12.6 Å². The first-order chi connectivity index (χ1) is 21.4. The smallest absolute Gasteiger partial charge is 0.343 e. The summed E-state index contributed by atoms with van der Waals surface area (Å²) in [6.07, 6.45) is 1.64. The minimum Gasteiger partial charge on any atom is -0.490 e. The van der Waals surface area contributed by atoms with E-state index in [0.717, 1.165) is 11.1 Å². The topological polar surface area (TPSA) is 113 Å². The van der Waals surface area contributed by atoms with E-state index < -0.39 is 11.9 Å². The molecule has 2 N–H and O–H groups in total. The maximum atomic E-state index is 12.8. The number of esters is 1. The Hall–Kier alpha value is -5.39. The summed E-state index contributed by atoms with van der Waals surface area (Å²) >= 11 is 6.30. The summed E-state index contributed by atoms with van der Waals surface area (Å²) in [5.41, 5.74) is 9.06. The lowest BCUT2D eigenvalue weighted by Crippen LogP contribution is -2.21. The Bertz CT molecular complexity index is 1760. The van der Waals surface area contributed by atoms with Crippen molar-refractivity contribution < 1.29 is 28.5 Å². The van der Waals surface area contributed by atoms with Crippen molar-refractivity contribution in [3.63, 3.8) is 0 Å². The zero-order chi connectivity index (χ0) is 31.1. The molecule has 0 bridgehead atoms. The molecule has 4 aromatic carbocycles. The predicted octanol–water partition coefficient (Wildman–Crippen LogP) is 7.32. The van der Waals surface area contributed by atoms with Crippen molar-refractivity contribution in [3.05, 3.63) is 136 Å². The summed E-state index contributed by atoms with van der Waals surface area (Å²) in [4.78, 5) is 12.8. The Kier molecular flexibility index (Phi) is 9.38. The van der Waals surface area contributed by atoms with Gasteiger partial charge in [0.1, 0.15) is 42.1 Å². The molecule has 9 heteroatoms. The molecular weight excluding hydrogens is 580 g/mol. The van der Waals surface area contributed by atoms with Crippen LogP contribution in [0.3, 0.4) is 0 Å². The first kappa shape index (κ1) is 30.1. The number of benzene rings is 4. The van der Waals surface area contributed by atoms with Gasteiger partial charge in [0, 0.05) is 22.2 Å². The number of nitrogens with zero attached hydrogens (tertiary/aromatic N) is 1. The van der Waals surface area contributed by atoms with Crippen LogP contribution in [0.2, 0.25) is 5.02 Å². The molecule has 0 aromatic heterocycles. The normalized spacial score (nSPS) is 13.6. The van der Waals surface area contributed by atoms with Gasteiger partial charge in [-0.2, -0.15) is 5.26 Å². The van der Waals surface area contributed by atoms with Gasteiger partial charge < -0.3 is 29.4 Å². The first-order valence-corrected chi connectivity index (χ1v) is 14.2.